The van der Waals surface area contributed by atoms with Crippen molar-refractivity contribution in [1.29, 1.82) is 0 Å². The molecule has 1 unspecified atom stereocenters. The summed E-state index contributed by atoms with van der Waals surface area (Å²) in [5.41, 5.74) is 2.51. The van der Waals surface area contributed by atoms with Crippen LogP contribution in [-0.4, -0.2) is 17.9 Å². The van der Waals surface area contributed by atoms with Gasteiger partial charge in [0.2, 0.25) is 0 Å². The number of aliphatic hydroxyl groups is 1. The van der Waals surface area contributed by atoms with E-state index in [0.717, 1.165) is 24.9 Å². The van der Waals surface area contributed by atoms with Crippen molar-refractivity contribution in [2.75, 3.05) is 6.54 Å². The second-order valence-electron chi connectivity index (χ2n) is 4.75. The van der Waals surface area contributed by atoms with Crippen molar-refractivity contribution in [3.63, 3.8) is 0 Å². The van der Waals surface area contributed by atoms with Crippen LogP contribution in [0.4, 0.5) is 0 Å². The average Bonchev–Trinajstić information content (AvgIpc) is 2.46. The van der Waals surface area contributed by atoms with Crippen molar-refractivity contribution < 1.29 is 5.11 Å². The van der Waals surface area contributed by atoms with Gasteiger partial charge in [0, 0.05) is 6.42 Å². The van der Waals surface area contributed by atoms with Gasteiger partial charge in [0.15, 0.2) is 0 Å². The van der Waals surface area contributed by atoms with Gasteiger partial charge in [0.25, 0.3) is 0 Å². The zero-order valence-corrected chi connectivity index (χ0v) is 11.1. The summed E-state index contributed by atoms with van der Waals surface area (Å²) in [7, 11) is 0. The highest BCUT2D eigenvalue weighted by Crippen LogP contribution is 2.03. The quantitative estimate of drug-likeness (QED) is 0.589. The number of aryl methyl sites for hydroxylation is 1. The van der Waals surface area contributed by atoms with Gasteiger partial charge in [-0.2, -0.15) is 0 Å². The first-order chi connectivity index (χ1) is 9.34. The van der Waals surface area contributed by atoms with Crippen LogP contribution in [-0.2, 0) is 12.8 Å². The van der Waals surface area contributed by atoms with Crippen molar-refractivity contribution in [1.82, 2.24) is 5.32 Å². The first kappa shape index (κ1) is 13.8. The van der Waals surface area contributed by atoms with E-state index in [4.69, 9.17) is 0 Å². The molecule has 0 bridgehead atoms. The SMILES string of the molecule is OC(Cc1ccccc1)NCCCc1ccccc1. The van der Waals surface area contributed by atoms with E-state index >= 15 is 0 Å². The normalized spacial score (nSPS) is 12.3. The van der Waals surface area contributed by atoms with Crippen LogP contribution in [0.1, 0.15) is 17.5 Å². The largest absolute Gasteiger partial charge is 0.378 e. The first-order valence-corrected chi connectivity index (χ1v) is 6.84. The third kappa shape index (κ3) is 5.25. The van der Waals surface area contributed by atoms with Gasteiger partial charge in [0.1, 0.15) is 6.23 Å². The Hall–Kier alpha value is -1.64. The van der Waals surface area contributed by atoms with Crippen LogP contribution in [0, 0.1) is 0 Å². The van der Waals surface area contributed by atoms with Crippen LogP contribution < -0.4 is 5.32 Å². The summed E-state index contributed by atoms with van der Waals surface area (Å²) in [4.78, 5) is 0. The summed E-state index contributed by atoms with van der Waals surface area (Å²) in [6, 6.07) is 20.5. The third-order valence-corrected chi connectivity index (χ3v) is 3.14. The van der Waals surface area contributed by atoms with Crippen molar-refractivity contribution >= 4 is 0 Å². The topological polar surface area (TPSA) is 32.3 Å². The lowest BCUT2D eigenvalue weighted by molar-refractivity contribution is 0.137. The van der Waals surface area contributed by atoms with Crippen molar-refractivity contribution in [2.45, 2.75) is 25.5 Å². The zero-order valence-electron chi connectivity index (χ0n) is 11.1. The number of hydrogen-bond donors (Lipinski definition) is 2. The Kier molecular flexibility index (Phi) is 5.60. The molecule has 1 atom stereocenters. The van der Waals surface area contributed by atoms with Gasteiger partial charge in [0.05, 0.1) is 0 Å². The monoisotopic (exact) mass is 255 g/mol. The van der Waals surface area contributed by atoms with Gasteiger partial charge in [-0.15, -0.1) is 0 Å². The number of rotatable bonds is 7. The predicted octanol–water partition coefficient (Wildman–Crippen LogP) is 2.77. The molecule has 0 saturated carbocycles. The van der Waals surface area contributed by atoms with Crippen molar-refractivity contribution in [3.05, 3.63) is 71.8 Å². The minimum Gasteiger partial charge on any atom is -0.378 e. The second-order valence-corrected chi connectivity index (χ2v) is 4.75. The maximum atomic E-state index is 9.89. The molecule has 2 aromatic rings. The maximum absolute atomic E-state index is 9.89. The smallest absolute Gasteiger partial charge is 0.108 e. The molecule has 0 saturated heterocycles. The van der Waals surface area contributed by atoms with Crippen LogP contribution in [0.25, 0.3) is 0 Å². The van der Waals surface area contributed by atoms with Gasteiger partial charge in [-0.1, -0.05) is 60.7 Å². The fourth-order valence-corrected chi connectivity index (χ4v) is 2.12. The lowest BCUT2D eigenvalue weighted by Crippen LogP contribution is -2.31. The van der Waals surface area contributed by atoms with Crippen LogP contribution in [0.15, 0.2) is 60.7 Å². The van der Waals surface area contributed by atoms with Crippen molar-refractivity contribution in [2.24, 2.45) is 0 Å². The molecule has 0 aliphatic rings. The Bertz CT molecular complexity index is 455. The molecule has 0 spiro atoms. The molecule has 0 aliphatic heterocycles. The number of hydrogen-bond acceptors (Lipinski definition) is 2. The summed E-state index contributed by atoms with van der Waals surface area (Å²) in [6.07, 6.45) is 2.28. The van der Waals surface area contributed by atoms with E-state index in [9.17, 15) is 5.11 Å². The summed E-state index contributed by atoms with van der Waals surface area (Å²) in [5.74, 6) is 0. The van der Waals surface area contributed by atoms with Crippen molar-refractivity contribution in [3.8, 4) is 0 Å². The molecular formula is C17H21NO. The van der Waals surface area contributed by atoms with E-state index in [0.29, 0.717) is 6.42 Å². The minimum atomic E-state index is -0.460. The molecular weight excluding hydrogens is 234 g/mol. The molecule has 0 fully saturated rings. The van der Waals surface area contributed by atoms with Gasteiger partial charge >= 0.3 is 0 Å². The molecule has 19 heavy (non-hydrogen) atoms. The summed E-state index contributed by atoms with van der Waals surface area (Å²) in [6.45, 7) is 0.836. The van der Waals surface area contributed by atoms with E-state index in [2.05, 4.69) is 29.6 Å². The molecule has 2 rings (SSSR count). The third-order valence-electron chi connectivity index (χ3n) is 3.14. The molecule has 0 amide bonds. The highest BCUT2D eigenvalue weighted by Gasteiger charge is 2.03. The number of aliphatic hydroxyl groups excluding tert-OH is 1. The Labute approximate surface area is 115 Å². The zero-order chi connectivity index (χ0) is 13.3. The molecule has 100 valence electrons. The molecule has 0 aromatic heterocycles. The molecule has 2 N–H and O–H groups in total. The van der Waals surface area contributed by atoms with Crippen LogP contribution >= 0.6 is 0 Å². The van der Waals surface area contributed by atoms with Gasteiger partial charge in [-0.05, 0) is 30.5 Å². The first-order valence-electron chi connectivity index (χ1n) is 6.84. The molecule has 0 aliphatic carbocycles. The van der Waals surface area contributed by atoms with Gasteiger partial charge in [-0.25, -0.2) is 0 Å². The van der Waals surface area contributed by atoms with Crippen LogP contribution in [0.2, 0.25) is 0 Å². The average molecular weight is 255 g/mol. The summed E-state index contributed by atoms with van der Waals surface area (Å²) in [5, 5.41) is 13.0. The van der Waals surface area contributed by atoms with Gasteiger partial charge in [-0.3, -0.25) is 5.32 Å². The highest BCUT2D eigenvalue weighted by atomic mass is 16.3. The minimum absolute atomic E-state index is 0.460. The lowest BCUT2D eigenvalue weighted by atomic mass is 10.1. The molecule has 0 radical (unpaired) electrons. The fraction of sp³-hybridized carbons (Fsp3) is 0.294. The standard InChI is InChI=1S/C17H21NO/c19-17(14-16-10-5-2-6-11-16)18-13-7-12-15-8-3-1-4-9-15/h1-6,8-11,17-19H,7,12-14H2. The molecule has 2 nitrogen and oxygen atoms in total. The van der Waals surface area contributed by atoms with E-state index in [1.54, 1.807) is 0 Å². The Morgan fingerprint density at radius 1 is 0.842 bits per heavy atom. The number of nitrogens with one attached hydrogen (secondary N) is 1. The number of benzene rings is 2. The Balaban J connectivity index is 1.63. The summed E-state index contributed by atoms with van der Waals surface area (Å²) < 4.78 is 0. The van der Waals surface area contributed by atoms with Crippen LogP contribution in [0.5, 0.6) is 0 Å². The summed E-state index contributed by atoms with van der Waals surface area (Å²) >= 11 is 0. The Morgan fingerprint density at radius 3 is 2.05 bits per heavy atom. The molecule has 0 heterocycles. The lowest BCUT2D eigenvalue weighted by Gasteiger charge is -2.12. The highest BCUT2D eigenvalue weighted by molar-refractivity contribution is 5.15. The van der Waals surface area contributed by atoms with E-state index < -0.39 is 6.23 Å². The van der Waals surface area contributed by atoms with E-state index in [-0.39, 0.29) is 0 Å². The Morgan fingerprint density at radius 2 is 1.42 bits per heavy atom. The second kappa shape index (κ2) is 7.72. The predicted molar refractivity (Wildman–Crippen MR) is 78.9 cm³/mol. The van der Waals surface area contributed by atoms with E-state index in [1.807, 2.05) is 36.4 Å². The molecule has 2 heteroatoms. The van der Waals surface area contributed by atoms with Crippen LogP contribution in [0.3, 0.4) is 0 Å². The van der Waals surface area contributed by atoms with Gasteiger partial charge < -0.3 is 5.11 Å². The van der Waals surface area contributed by atoms with E-state index in [1.165, 1.54) is 5.56 Å². The fourth-order valence-electron chi connectivity index (χ4n) is 2.12. The maximum Gasteiger partial charge on any atom is 0.108 e. The molecule has 2 aromatic carbocycles.